The largest absolute Gasteiger partial charge is 0.454 e. The van der Waals surface area contributed by atoms with Crippen molar-refractivity contribution < 1.29 is 14.3 Å². The molecule has 1 N–H and O–H groups in total. The van der Waals surface area contributed by atoms with Crippen LogP contribution in [0.2, 0.25) is 10.0 Å². The van der Waals surface area contributed by atoms with Gasteiger partial charge in [-0.05, 0) is 54.1 Å². The minimum Gasteiger partial charge on any atom is -0.454 e. The molecule has 1 aliphatic rings. The summed E-state index contributed by atoms with van der Waals surface area (Å²) in [5.41, 5.74) is 3.45. The summed E-state index contributed by atoms with van der Waals surface area (Å²) < 4.78 is 14.3. The van der Waals surface area contributed by atoms with Crippen molar-refractivity contribution in [1.82, 2.24) is 19.7 Å². The van der Waals surface area contributed by atoms with Gasteiger partial charge in [0, 0.05) is 19.8 Å². The molecule has 2 aromatic carbocycles. The van der Waals surface area contributed by atoms with E-state index in [9.17, 15) is 4.79 Å². The van der Waals surface area contributed by atoms with Gasteiger partial charge in [0.2, 0.25) is 6.79 Å². The molecule has 0 unspecified atom stereocenters. The lowest BCUT2D eigenvalue weighted by Crippen LogP contribution is -2.25. The highest BCUT2D eigenvalue weighted by molar-refractivity contribution is 6.42. The number of halogens is 2. The molecule has 0 saturated heterocycles. The van der Waals surface area contributed by atoms with Gasteiger partial charge in [-0.3, -0.25) is 4.79 Å². The van der Waals surface area contributed by atoms with Crippen LogP contribution in [0.4, 0.5) is 0 Å². The predicted molar refractivity (Wildman–Crippen MR) is 122 cm³/mol. The van der Waals surface area contributed by atoms with Gasteiger partial charge in [0.05, 0.1) is 21.4 Å². The van der Waals surface area contributed by atoms with E-state index in [1.807, 2.05) is 48.1 Å². The summed E-state index contributed by atoms with van der Waals surface area (Å²) in [6.07, 6.45) is 1.92. The number of ether oxygens (including phenoxy) is 2. The zero-order valence-corrected chi connectivity index (χ0v) is 18.5. The molecule has 1 aliphatic heterocycles. The third kappa shape index (κ3) is 3.81. The van der Waals surface area contributed by atoms with Crippen LogP contribution in [0.15, 0.2) is 60.8 Å². The SMILES string of the molecule is Cn1cccc1-c1cc(C(=O)NCc2ccc3c(c2)OCO3)n(-c2ccc(Cl)c(Cl)c2)n1. The summed E-state index contributed by atoms with van der Waals surface area (Å²) in [7, 11) is 1.92. The van der Waals surface area contributed by atoms with Gasteiger partial charge in [-0.2, -0.15) is 5.10 Å². The highest BCUT2D eigenvalue weighted by Crippen LogP contribution is 2.32. The molecule has 3 heterocycles. The zero-order valence-electron chi connectivity index (χ0n) is 17.0. The number of carbonyl (C=O) groups is 1. The summed E-state index contributed by atoms with van der Waals surface area (Å²) in [5.74, 6) is 1.09. The first-order chi connectivity index (χ1) is 15.5. The molecule has 7 nitrogen and oxygen atoms in total. The molecule has 2 aromatic heterocycles. The number of nitrogens with zero attached hydrogens (tertiary/aromatic N) is 3. The number of fused-ring (bicyclic) bond motifs is 1. The molecule has 0 fully saturated rings. The van der Waals surface area contributed by atoms with Gasteiger partial charge in [0.1, 0.15) is 11.4 Å². The van der Waals surface area contributed by atoms with Crippen molar-refractivity contribution in [3.05, 3.63) is 82.1 Å². The third-order valence-electron chi connectivity index (χ3n) is 5.19. The standard InChI is InChI=1S/C23H18Cl2N4O3/c1-28-8-2-3-19(28)18-11-20(29(27-18)15-5-6-16(24)17(25)10-15)23(30)26-12-14-4-7-21-22(9-14)32-13-31-21/h2-11H,12-13H2,1H3,(H,26,30). The van der Waals surface area contributed by atoms with Gasteiger partial charge in [-0.25, -0.2) is 4.68 Å². The van der Waals surface area contributed by atoms with Gasteiger partial charge in [0.25, 0.3) is 5.91 Å². The lowest BCUT2D eigenvalue weighted by Gasteiger charge is -2.10. The Morgan fingerprint density at radius 1 is 1.06 bits per heavy atom. The Morgan fingerprint density at radius 2 is 1.91 bits per heavy atom. The molecule has 0 spiro atoms. The second-order valence-corrected chi connectivity index (χ2v) is 8.11. The van der Waals surface area contributed by atoms with Crippen molar-refractivity contribution in [2.45, 2.75) is 6.54 Å². The van der Waals surface area contributed by atoms with Crippen molar-refractivity contribution in [3.63, 3.8) is 0 Å². The lowest BCUT2D eigenvalue weighted by molar-refractivity contribution is 0.0943. The number of aromatic nitrogens is 3. The normalized spacial score (nSPS) is 12.2. The highest BCUT2D eigenvalue weighted by Gasteiger charge is 2.20. The number of amides is 1. The number of carbonyl (C=O) groups excluding carboxylic acids is 1. The quantitative estimate of drug-likeness (QED) is 0.454. The molecular formula is C23H18Cl2N4O3. The van der Waals surface area contributed by atoms with Gasteiger partial charge in [-0.1, -0.05) is 29.3 Å². The summed E-state index contributed by atoms with van der Waals surface area (Å²) >= 11 is 12.3. The van der Waals surface area contributed by atoms with E-state index in [4.69, 9.17) is 32.7 Å². The highest BCUT2D eigenvalue weighted by atomic mass is 35.5. The number of aryl methyl sites for hydroxylation is 1. The smallest absolute Gasteiger partial charge is 0.270 e. The van der Waals surface area contributed by atoms with Crippen molar-refractivity contribution in [1.29, 1.82) is 0 Å². The van der Waals surface area contributed by atoms with E-state index in [0.717, 1.165) is 11.3 Å². The molecule has 4 aromatic rings. The Hall–Kier alpha value is -3.42. The minimum atomic E-state index is -0.276. The number of nitrogens with one attached hydrogen (secondary N) is 1. The van der Waals surface area contributed by atoms with Crippen LogP contribution >= 0.6 is 23.2 Å². The van der Waals surface area contributed by atoms with Crippen LogP contribution < -0.4 is 14.8 Å². The summed E-state index contributed by atoms with van der Waals surface area (Å²) in [6, 6.07) is 16.3. The molecule has 0 aliphatic carbocycles. The van der Waals surface area contributed by atoms with E-state index in [2.05, 4.69) is 10.4 Å². The maximum absolute atomic E-state index is 13.2. The fourth-order valence-electron chi connectivity index (χ4n) is 3.53. The molecule has 0 atom stereocenters. The first-order valence-corrected chi connectivity index (χ1v) is 10.6. The number of hydrogen-bond acceptors (Lipinski definition) is 4. The molecule has 0 bridgehead atoms. The lowest BCUT2D eigenvalue weighted by atomic mass is 10.2. The average Bonchev–Trinajstić information content (AvgIpc) is 3.52. The van der Waals surface area contributed by atoms with Crippen LogP contribution in [-0.2, 0) is 13.6 Å². The van der Waals surface area contributed by atoms with Crippen LogP contribution in [0.3, 0.4) is 0 Å². The molecule has 1 amide bonds. The second-order valence-electron chi connectivity index (χ2n) is 7.30. The van der Waals surface area contributed by atoms with E-state index in [0.29, 0.717) is 45.2 Å². The molecule has 0 radical (unpaired) electrons. The van der Waals surface area contributed by atoms with Crippen LogP contribution in [0, 0.1) is 0 Å². The fraction of sp³-hybridized carbons (Fsp3) is 0.130. The zero-order chi connectivity index (χ0) is 22.2. The van der Waals surface area contributed by atoms with E-state index in [-0.39, 0.29) is 12.7 Å². The monoisotopic (exact) mass is 468 g/mol. The maximum Gasteiger partial charge on any atom is 0.270 e. The van der Waals surface area contributed by atoms with E-state index < -0.39 is 0 Å². The Kier molecular flexibility index (Phi) is 5.28. The molecule has 0 saturated carbocycles. The molecule has 32 heavy (non-hydrogen) atoms. The van der Waals surface area contributed by atoms with Crippen molar-refractivity contribution in [3.8, 4) is 28.6 Å². The topological polar surface area (TPSA) is 70.3 Å². The maximum atomic E-state index is 13.2. The van der Waals surface area contributed by atoms with E-state index in [1.54, 1.807) is 28.9 Å². The Morgan fingerprint density at radius 3 is 2.69 bits per heavy atom. The van der Waals surface area contributed by atoms with Crippen molar-refractivity contribution >= 4 is 29.1 Å². The van der Waals surface area contributed by atoms with Gasteiger partial charge < -0.3 is 19.4 Å². The van der Waals surface area contributed by atoms with Crippen molar-refractivity contribution in [2.24, 2.45) is 7.05 Å². The summed E-state index contributed by atoms with van der Waals surface area (Å²) in [4.78, 5) is 13.2. The van der Waals surface area contributed by atoms with Crippen LogP contribution in [-0.4, -0.2) is 27.0 Å². The second kappa shape index (κ2) is 8.26. The minimum absolute atomic E-state index is 0.204. The number of rotatable bonds is 5. The van der Waals surface area contributed by atoms with Gasteiger partial charge >= 0.3 is 0 Å². The van der Waals surface area contributed by atoms with Crippen LogP contribution in [0.5, 0.6) is 11.5 Å². The summed E-state index contributed by atoms with van der Waals surface area (Å²) in [6.45, 7) is 0.525. The first kappa shape index (κ1) is 20.5. The predicted octanol–water partition coefficient (Wildman–Crippen LogP) is 4.84. The van der Waals surface area contributed by atoms with E-state index >= 15 is 0 Å². The fourth-order valence-corrected chi connectivity index (χ4v) is 3.82. The molecule has 9 heteroatoms. The van der Waals surface area contributed by atoms with Crippen LogP contribution in [0.25, 0.3) is 17.1 Å². The number of benzene rings is 2. The first-order valence-electron chi connectivity index (χ1n) is 9.83. The van der Waals surface area contributed by atoms with Gasteiger partial charge in [-0.15, -0.1) is 0 Å². The molecular weight excluding hydrogens is 451 g/mol. The van der Waals surface area contributed by atoms with Crippen LogP contribution in [0.1, 0.15) is 16.1 Å². The Labute approximate surface area is 194 Å². The molecule has 5 rings (SSSR count). The Balaban J connectivity index is 1.47. The summed E-state index contributed by atoms with van der Waals surface area (Å²) in [5, 5.41) is 8.44. The average molecular weight is 469 g/mol. The third-order valence-corrected chi connectivity index (χ3v) is 5.93. The van der Waals surface area contributed by atoms with E-state index in [1.165, 1.54) is 0 Å². The Bertz CT molecular complexity index is 1330. The van der Waals surface area contributed by atoms with Gasteiger partial charge in [0.15, 0.2) is 11.5 Å². The van der Waals surface area contributed by atoms with Crippen molar-refractivity contribution in [2.75, 3.05) is 6.79 Å². The molecule has 162 valence electrons. The number of hydrogen-bond donors (Lipinski definition) is 1.